The molecule has 1 aromatic rings. The third kappa shape index (κ3) is 7.38. The Morgan fingerprint density at radius 1 is 1.12 bits per heavy atom. The zero-order valence-corrected chi connectivity index (χ0v) is 15.6. The van der Waals surface area contributed by atoms with E-state index < -0.39 is 11.6 Å². The second-order valence-corrected chi connectivity index (χ2v) is 5.84. The van der Waals surface area contributed by atoms with Gasteiger partial charge in [-0.15, -0.1) is 12.4 Å². The number of carbonyl (C=O) groups excluding carboxylic acids is 2. The number of hydrogen-bond acceptors (Lipinski definition) is 3. The molecular weight excluding hydrogens is 351 g/mol. The molecule has 0 aromatic heterocycles. The third-order valence-electron chi connectivity index (χ3n) is 3.92. The van der Waals surface area contributed by atoms with E-state index in [1.54, 1.807) is 12.1 Å². The molecule has 1 rings (SSSR count). The molecule has 0 radical (unpaired) electrons. The zero-order chi connectivity index (χ0) is 17.3. The minimum atomic E-state index is -0.404. The minimum Gasteiger partial charge on any atom is -0.348 e. The highest BCUT2D eigenvalue weighted by Gasteiger charge is 2.26. The van der Waals surface area contributed by atoms with E-state index in [0.717, 1.165) is 18.4 Å². The fourth-order valence-corrected chi connectivity index (χ4v) is 2.24. The summed E-state index contributed by atoms with van der Waals surface area (Å²) in [5.41, 5.74) is 6.25. The summed E-state index contributed by atoms with van der Waals surface area (Å²) in [5, 5.41) is 8.75. The van der Waals surface area contributed by atoms with E-state index in [2.05, 4.69) is 16.0 Å². The van der Waals surface area contributed by atoms with Gasteiger partial charge in [-0.25, -0.2) is 4.79 Å². The van der Waals surface area contributed by atoms with Crippen LogP contribution in [0, 0.1) is 0 Å². The normalized spacial score (nSPS) is 10.5. The molecular formula is C16H26Cl2N4O2. The minimum absolute atomic E-state index is 0. The van der Waals surface area contributed by atoms with Crippen LogP contribution in [-0.2, 0) is 11.3 Å². The van der Waals surface area contributed by atoms with Crippen LogP contribution in [0.25, 0.3) is 0 Å². The topological polar surface area (TPSA) is 96.2 Å². The predicted octanol–water partition coefficient (Wildman–Crippen LogP) is 2.19. The van der Waals surface area contributed by atoms with E-state index in [1.165, 1.54) is 0 Å². The Morgan fingerprint density at radius 3 is 2.21 bits per heavy atom. The van der Waals surface area contributed by atoms with Crippen LogP contribution in [0.15, 0.2) is 24.3 Å². The van der Waals surface area contributed by atoms with Crippen LogP contribution >= 0.6 is 24.0 Å². The molecule has 0 spiro atoms. The summed E-state index contributed by atoms with van der Waals surface area (Å²) in [6.45, 7) is 4.59. The molecule has 0 aliphatic heterocycles. The molecule has 0 fully saturated rings. The number of urea groups is 1. The van der Waals surface area contributed by atoms with Gasteiger partial charge in [0.25, 0.3) is 0 Å². The monoisotopic (exact) mass is 376 g/mol. The van der Waals surface area contributed by atoms with Crippen LogP contribution in [0.2, 0.25) is 5.02 Å². The van der Waals surface area contributed by atoms with Gasteiger partial charge in [0.15, 0.2) is 0 Å². The van der Waals surface area contributed by atoms with E-state index in [-0.39, 0.29) is 24.9 Å². The quantitative estimate of drug-likeness (QED) is 0.559. The number of halogens is 2. The van der Waals surface area contributed by atoms with Crippen molar-refractivity contribution in [1.82, 2.24) is 16.0 Å². The van der Waals surface area contributed by atoms with Crippen LogP contribution in [0.5, 0.6) is 0 Å². The molecule has 0 aliphatic rings. The lowest BCUT2D eigenvalue weighted by atomic mass is 9.93. The first kappa shape index (κ1) is 22.5. The van der Waals surface area contributed by atoms with Gasteiger partial charge in [0, 0.05) is 18.1 Å². The van der Waals surface area contributed by atoms with Crippen LogP contribution in [0.4, 0.5) is 4.79 Å². The van der Waals surface area contributed by atoms with Crippen molar-refractivity contribution in [3.05, 3.63) is 34.9 Å². The van der Waals surface area contributed by atoms with Crippen molar-refractivity contribution >= 4 is 35.9 Å². The Bertz CT molecular complexity index is 511. The van der Waals surface area contributed by atoms with E-state index in [9.17, 15) is 9.59 Å². The molecule has 0 unspecified atom stereocenters. The van der Waals surface area contributed by atoms with Crippen molar-refractivity contribution in [1.29, 1.82) is 0 Å². The number of rotatable bonds is 8. The van der Waals surface area contributed by atoms with Gasteiger partial charge in [-0.05, 0) is 30.5 Å². The van der Waals surface area contributed by atoms with Crippen molar-refractivity contribution in [3.8, 4) is 0 Å². The van der Waals surface area contributed by atoms with Crippen LogP contribution in [0.3, 0.4) is 0 Å². The first-order valence-electron chi connectivity index (χ1n) is 7.72. The maximum atomic E-state index is 11.9. The van der Waals surface area contributed by atoms with E-state index >= 15 is 0 Å². The molecule has 0 aliphatic carbocycles. The average molecular weight is 377 g/mol. The Hall–Kier alpha value is -1.50. The molecule has 0 bridgehead atoms. The summed E-state index contributed by atoms with van der Waals surface area (Å²) in [6, 6.07) is 6.76. The molecule has 8 heteroatoms. The molecule has 3 amide bonds. The van der Waals surface area contributed by atoms with Crippen molar-refractivity contribution < 1.29 is 9.59 Å². The van der Waals surface area contributed by atoms with Gasteiger partial charge in [0.05, 0.1) is 12.1 Å². The largest absolute Gasteiger partial charge is 0.348 e. The van der Waals surface area contributed by atoms with Crippen LogP contribution in [0.1, 0.15) is 32.3 Å². The number of hydrogen-bond donors (Lipinski definition) is 4. The van der Waals surface area contributed by atoms with Gasteiger partial charge < -0.3 is 21.7 Å². The van der Waals surface area contributed by atoms with Gasteiger partial charge >= 0.3 is 6.03 Å². The van der Waals surface area contributed by atoms with Gasteiger partial charge in [0.1, 0.15) is 0 Å². The fraction of sp³-hybridized carbons (Fsp3) is 0.500. The molecule has 136 valence electrons. The summed E-state index contributed by atoms with van der Waals surface area (Å²) >= 11 is 5.79. The molecule has 0 saturated heterocycles. The molecule has 1 aromatic carbocycles. The smallest absolute Gasteiger partial charge is 0.315 e. The maximum absolute atomic E-state index is 11.9. The van der Waals surface area contributed by atoms with E-state index in [1.807, 2.05) is 26.0 Å². The van der Waals surface area contributed by atoms with Crippen molar-refractivity contribution in [2.24, 2.45) is 5.73 Å². The van der Waals surface area contributed by atoms with Gasteiger partial charge in [-0.1, -0.05) is 37.6 Å². The first-order valence-corrected chi connectivity index (χ1v) is 8.09. The molecule has 0 heterocycles. The Kier molecular flexibility index (Phi) is 10.4. The highest BCUT2D eigenvalue weighted by Crippen LogP contribution is 2.12. The summed E-state index contributed by atoms with van der Waals surface area (Å²) in [5.74, 6) is -0.249. The van der Waals surface area contributed by atoms with Crippen molar-refractivity contribution in [2.45, 2.75) is 38.8 Å². The zero-order valence-electron chi connectivity index (χ0n) is 14.0. The van der Waals surface area contributed by atoms with Crippen molar-refractivity contribution in [3.63, 3.8) is 0 Å². The van der Waals surface area contributed by atoms with E-state index in [4.69, 9.17) is 17.3 Å². The third-order valence-corrected chi connectivity index (χ3v) is 4.18. The molecule has 5 N–H and O–H groups in total. The first-order chi connectivity index (χ1) is 10.9. The summed E-state index contributed by atoms with van der Waals surface area (Å²) < 4.78 is 0. The standard InChI is InChI=1S/C16H25ClN4O2.ClH/c1-3-16(4-2,11-18)21-14(22)10-20-15(23)19-9-12-5-7-13(17)8-6-12;/h5-8H,3-4,9-11,18H2,1-2H3,(H,21,22)(H2,19,20,23);1H. The van der Waals surface area contributed by atoms with Crippen LogP contribution < -0.4 is 21.7 Å². The van der Waals surface area contributed by atoms with E-state index in [0.29, 0.717) is 18.1 Å². The Labute approximate surface area is 154 Å². The predicted molar refractivity (Wildman–Crippen MR) is 99.4 cm³/mol. The fourth-order valence-electron chi connectivity index (χ4n) is 2.11. The molecule has 24 heavy (non-hydrogen) atoms. The molecule has 0 saturated carbocycles. The number of carbonyl (C=O) groups is 2. The Morgan fingerprint density at radius 2 is 1.71 bits per heavy atom. The lowest BCUT2D eigenvalue weighted by Crippen LogP contribution is -2.55. The SMILES string of the molecule is CCC(CC)(CN)NC(=O)CNC(=O)NCc1ccc(Cl)cc1.Cl. The lowest BCUT2D eigenvalue weighted by molar-refractivity contribution is -0.122. The number of benzene rings is 1. The summed E-state index contributed by atoms with van der Waals surface area (Å²) in [7, 11) is 0. The second-order valence-electron chi connectivity index (χ2n) is 5.40. The molecule has 0 atom stereocenters. The van der Waals surface area contributed by atoms with Crippen molar-refractivity contribution in [2.75, 3.05) is 13.1 Å². The van der Waals surface area contributed by atoms with Gasteiger partial charge in [-0.3, -0.25) is 4.79 Å². The number of nitrogens with one attached hydrogen (secondary N) is 3. The molecule has 6 nitrogen and oxygen atoms in total. The number of nitrogens with two attached hydrogens (primary N) is 1. The van der Waals surface area contributed by atoms with Crippen LogP contribution in [-0.4, -0.2) is 30.6 Å². The van der Waals surface area contributed by atoms with Gasteiger partial charge in [0.2, 0.25) is 5.91 Å². The highest BCUT2D eigenvalue weighted by molar-refractivity contribution is 6.30. The summed E-state index contributed by atoms with van der Waals surface area (Å²) in [4.78, 5) is 23.6. The highest BCUT2D eigenvalue weighted by atomic mass is 35.5. The maximum Gasteiger partial charge on any atom is 0.315 e. The number of amides is 3. The summed E-state index contributed by atoms with van der Waals surface area (Å²) in [6.07, 6.45) is 1.49. The van der Waals surface area contributed by atoms with Gasteiger partial charge in [-0.2, -0.15) is 0 Å². The average Bonchev–Trinajstić information content (AvgIpc) is 2.57. The lowest BCUT2D eigenvalue weighted by Gasteiger charge is -2.31. The Balaban J connectivity index is 0.00000529. The second kappa shape index (κ2) is 11.1.